The molecule has 0 spiro atoms. The van der Waals surface area contributed by atoms with E-state index in [1.807, 2.05) is 13.0 Å². The highest BCUT2D eigenvalue weighted by Crippen LogP contribution is 2.08. The van der Waals surface area contributed by atoms with Crippen molar-refractivity contribution in [2.75, 3.05) is 11.9 Å². The second-order valence-corrected chi connectivity index (χ2v) is 3.65. The average molecular weight is 246 g/mol. The van der Waals surface area contributed by atoms with E-state index in [2.05, 4.69) is 5.32 Å². The molecule has 0 aromatic heterocycles. The third-order valence-corrected chi connectivity index (χ3v) is 2.12. The SMILES string of the molecule is CCCC(=O)OCC(=O)Nc1ccc(C#N)cc1. The van der Waals surface area contributed by atoms with Crippen LogP contribution in [0.5, 0.6) is 0 Å². The van der Waals surface area contributed by atoms with Crippen molar-refractivity contribution in [2.24, 2.45) is 0 Å². The van der Waals surface area contributed by atoms with Crippen LogP contribution in [-0.2, 0) is 14.3 Å². The van der Waals surface area contributed by atoms with Gasteiger partial charge < -0.3 is 10.1 Å². The molecule has 0 heterocycles. The Kier molecular flexibility index (Phi) is 5.39. The molecule has 0 bridgehead atoms. The summed E-state index contributed by atoms with van der Waals surface area (Å²) in [5.41, 5.74) is 1.08. The summed E-state index contributed by atoms with van der Waals surface area (Å²) >= 11 is 0. The lowest BCUT2D eigenvalue weighted by Crippen LogP contribution is -2.20. The number of rotatable bonds is 5. The van der Waals surface area contributed by atoms with Gasteiger partial charge in [0.25, 0.3) is 5.91 Å². The molecule has 0 saturated heterocycles. The molecule has 0 atom stereocenters. The van der Waals surface area contributed by atoms with Crippen molar-refractivity contribution in [3.05, 3.63) is 29.8 Å². The second-order valence-electron chi connectivity index (χ2n) is 3.65. The van der Waals surface area contributed by atoms with Gasteiger partial charge in [-0.05, 0) is 30.7 Å². The summed E-state index contributed by atoms with van der Waals surface area (Å²) in [5, 5.41) is 11.2. The van der Waals surface area contributed by atoms with Crippen LogP contribution in [0.25, 0.3) is 0 Å². The standard InChI is InChI=1S/C13H14N2O3/c1-2-3-13(17)18-9-12(16)15-11-6-4-10(8-14)5-7-11/h4-7H,2-3,9H2,1H3,(H,15,16). The highest BCUT2D eigenvalue weighted by Gasteiger charge is 2.06. The molecule has 5 heteroatoms. The number of nitrogens with zero attached hydrogens (tertiary/aromatic N) is 1. The fraction of sp³-hybridized carbons (Fsp3) is 0.308. The normalized spacial score (nSPS) is 9.33. The number of nitrogens with one attached hydrogen (secondary N) is 1. The van der Waals surface area contributed by atoms with Gasteiger partial charge in [0.15, 0.2) is 6.61 Å². The van der Waals surface area contributed by atoms with Crippen molar-refractivity contribution >= 4 is 17.6 Å². The Bertz CT molecular complexity index is 460. The highest BCUT2D eigenvalue weighted by atomic mass is 16.5. The van der Waals surface area contributed by atoms with Gasteiger partial charge >= 0.3 is 5.97 Å². The fourth-order valence-corrected chi connectivity index (χ4v) is 1.25. The zero-order valence-corrected chi connectivity index (χ0v) is 10.1. The first-order valence-electron chi connectivity index (χ1n) is 5.61. The van der Waals surface area contributed by atoms with Crippen molar-refractivity contribution in [3.63, 3.8) is 0 Å². The average Bonchev–Trinajstić information content (AvgIpc) is 2.38. The Morgan fingerprint density at radius 1 is 1.33 bits per heavy atom. The lowest BCUT2D eigenvalue weighted by atomic mass is 10.2. The monoisotopic (exact) mass is 246 g/mol. The van der Waals surface area contributed by atoms with E-state index >= 15 is 0 Å². The van der Waals surface area contributed by atoms with Gasteiger partial charge in [-0.1, -0.05) is 6.92 Å². The summed E-state index contributed by atoms with van der Waals surface area (Å²) < 4.78 is 4.76. The van der Waals surface area contributed by atoms with Crippen LogP contribution in [0.4, 0.5) is 5.69 Å². The number of carbonyl (C=O) groups is 2. The number of hydrogen-bond acceptors (Lipinski definition) is 4. The van der Waals surface area contributed by atoms with Crippen molar-refractivity contribution in [2.45, 2.75) is 19.8 Å². The maximum atomic E-state index is 11.4. The minimum Gasteiger partial charge on any atom is -0.456 e. The van der Waals surface area contributed by atoms with Gasteiger partial charge in [-0.2, -0.15) is 5.26 Å². The molecule has 1 N–H and O–H groups in total. The van der Waals surface area contributed by atoms with Crippen molar-refractivity contribution in [3.8, 4) is 6.07 Å². The number of esters is 1. The van der Waals surface area contributed by atoms with Crippen molar-refractivity contribution in [1.29, 1.82) is 5.26 Å². The molecule has 5 nitrogen and oxygen atoms in total. The summed E-state index contributed by atoms with van der Waals surface area (Å²) in [6.07, 6.45) is 1.00. The number of benzene rings is 1. The molecule has 0 unspecified atom stereocenters. The number of ether oxygens (including phenoxy) is 1. The van der Waals surface area contributed by atoms with Gasteiger partial charge in [-0.15, -0.1) is 0 Å². The zero-order valence-electron chi connectivity index (χ0n) is 10.1. The molecule has 94 valence electrons. The molecule has 18 heavy (non-hydrogen) atoms. The van der Waals surface area contributed by atoms with E-state index < -0.39 is 5.91 Å². The second kappa shape index (κ2) is 7.07. The zero-order chi connectivity index (χ0) is 13.4. The molecule has 0 radical (unpaired) electrons. The Labute approximate surface area is 105 Å². The van der Waals surface area contributed by atoms with E-state index in [0.29, 0.717) is 24.1 Å². The molecule has 0 aliphatic rings. The Morgan fingerprint density at radius 2 is 2.00 bits per heavy atom. The molecule has 0 fully saturated rings. The lowest BCUT2D eigenvalue weighted by molar-refractivity contribution is -0.147. The first kappa shape index (κ1) is 13.7. The third kappa shape index (κ3) is 4.66. The molecule has 0 aliphatic carbocycles. The maximum absolute atomic E-state index is 11.4. The number of nitriles is 1. The molecule has 1 rings (SSSR count). The predicted octanol–water partition coefficient (Wildman–Crippen LogP) is 1.84. The van der Waals surface area contributed by atoms with Gasteiger partial charge in [0.2, 0.25) is 0 Å². The van der Waals surface area contributed by atoms with Gasteiger partial charge in [0.05, 0.1) is 11.6 Å². The van der Waals surface area contributed by atoms with Crippen LogP contribution in [-0.4, -0.2) is 18.5 Å². The third-order valence-electron chi connectivity index (χ3n) is 2.12. The quantitative estimate of drug-likeness (QED) is 0.804. The van der Waals surface area contributed by atoms with E-state index in [1.54, 1.807) is 24.3 Å². The Balaban J connectivity index is 2.40. The summed E-state index contributed by atoms with van der Waals surface area (Å²) in [4.78, 5) is 22.5. The predicted molar refractivity (Wildman–Crippen MR) is 65.7 cm³/mol. The minimum atomic E-state index is -0.399. The van der Waals surface area contributed by atoms with Gasteiger partial charge in [-0.3, -0.25) is 9.59 Å². The van der Waals surface area contributed by atoms with Crippen molar-refractivity contribution in [1.82, 2.24) is 0 Å². The summed E-state index contributed by atoms with van der Waals surface area (Å²) in [5.74, 6) is -0.781. The molecular formula is C13H14N2O3. The largest absolute Gasteiger partial charge is 0.456 e. The van der Waals surface area contributed by atoms with E-state index in [4.69, 9.17) is 10.00 Å². The highest BCUT2D eigenvalue weighted by molar-refractivity contribution is 5.92. The van der Waals surface area contributed by atoms with E-state index in [-0.39, 0.29) is 12.6 Å². The summed E-state index contributed by atoms with van der Waals surface area (Å²) in [7, 11) is 0. The minimum absolute atomic E-state index is 0.293. The van der Waals surface area contributed by atoms with Crippen molar-refractivity contribution < 1.29 is 14.3 Å². The van der Waals surface area contributed by atoms with E-state index in [0.717, 1.165) is 0 Å². The van der Waals surface area contributed by atoms with Crippen LogP contribution in [0.15, 0.2) is 24.3 Å². The number of anilines is 1. The molecule has 0 saturated carbocycles. The maximum Gasteiger partial charge on any atom is 0.306 e. The smallest absolute Gasteiger partial charge is 0.306 e. The summed E-state index contributed by atoms with van der Waals surface area (Å²) in [6.45, 7) is 1.57. The van der Waals surface area contributed by atoms with E-state index in [1.165, 1.54) is 0 Å². The van der Waals surface area contributed by atoms with Crippen LogP contribution in [0.1, 0.15) is 25.3 Å². The van der Waals surface area contributed by atoms with Gasteiger partial charge in [0, 0.05) is 12.1 Å². The number of hydrogen-bond donors (Lipinski definition) is 1. The van der Waals surface area contributed by atoms with Crippen LogP contribution in [0.3, 0.4) is 0 Å². The van der Waals surface area contributed by atoms with E-state index in [9.17, 15) is 9.59 Å². The number of amides is 1. The first-order chi connectivity index (χ1) is 8.65. The van der Waals surface area contributed by atoms with Gasteiger partial charge in [0.1, 0.15) is 0 Å². The van der Waals surface area contributed by atoms with Crippen LogP contribution >= 0.6 is 0 Å². The Morgan fingerprint density at radius 3 is 2.56 bits per heavy atom. The molecule has 1 aromatic carbocycles. The number of carbonyl (C=O) groups excluding carboxylic acids is 2. The molecular weight excluding hydrogens is 232 g/mol. The summed E-state index contributed by atoms with van der Waals surface area (Å²) in [6, 6.07) is 8.40. The molecule has 1 aromatic rings. The first-order valence-corrected chi connectivity index (χ1v) is 5.61. The van der Waals surface area contributed by atoms with Gasteiger partial charge in [-0.25, -0.2) is 0 Å². The van der Waals surface area contributed by atoms with Crippen LogP contribution < -0.4 is 5.32 Å². The molecule has 0 aliphatic heterocycles. The van der Waals surface area contributed by atoms with Crippen LogP contribution in [0, 0.1) is 11.3 Å². The topological polar surface area (TPSA) is 79.2 Å². The van der Waals surface area contributed by atoms with Crippen LogP contribution in [0.2, 0.25) is 0 Å². The molecule has 1 amide bonds. The lowest BCUT2D eigenvalue weighted by Gasteiger charge is -2.06. The Hall–Kier alpha value is -2.35. The fourth-order valence-electron chi connectivity index (χ4n) is 1.25.